The number of para-hydroxylation sites is 1. The van der Waals surface area contributed by atoms with Crippen LogP contribution in [0.1, 0.15) is 44.0 Å². The first kappa shape index (κ1) is 18.0. The molecule has 3 rings (SSSR count). The Morgan fingerprint density at radius 3 is 2.62 bits per heavy atom. The van der Waals surface area contributed by atoms with Crippen molar-refractivity contribution in [2.45, 2.75) is 39.7 Å². The van der Waals surface area contributed by atoms with Crippen molar-refractivity contribution in [1.82, 2.24) is 4.40 Å². The number of fused-ring (bicyclic) bond motifs is 3. The second kappa shape index (κ2) is 7.60. The maximum absolute atomic E-state index is 12.6. The normalized spacial score (nSPS) is 12.3. The highest BCUT2D eigenvalue weighted by atomic mass is 16.5. The Kier molecular flexibility index (Phi) is 5.26. The zero-order valence-electron chi connectivity index (χ0n) is 15.3. The van der Waals surface area contributed by atoms with Crippen molar-refractivity contribution < 1.29 is 19.1 Å². The Labute approximate surface area is 152 Å². The van der Waals surface area contributed by atoms with Crippen LogP contribution in [-0.4, -0.2) is 28.9 Å². The van der Waals surface area contributed by atoms with E-state index < -0.39 is 0 Å². The topological polar surface area (TPSA) is 57.0 Å². The summed E-state index contributed by atoms with van der Waals surface area (Å²) in [6.07, 6.45) is 2.78. The molecule has 5 nitrogen and oxygen atoms in total. The van der Waals surface area contributed by atoms with Gasteiger partial charge >= 0.3 is 5.97 Å². The summed E-state index contributed by atoms with van der Waals surface area (Å²) in [7, 11) is 0. The van der Waals surface area contributed by atoms with E-state index in [2.05, 4.69) is 0 Å². The summed E-state index contributed by atoms with van der Waals surface area (Å²) in [5.41, 5.74) is 2.26. The molecule has 3 aromatic rings. The average Bonchev–Trinajstić information content (AvgIpc) is 2.93. The van der Waals surface area contributed by atoms with E-state index in [4.69, 9.17) is 9.47 Å². The molecule has 136 valence electrons. The van der Waals surface area contributed by atoms with Crippen LogP contribution in [0.5, 0.6) is 5.75 Å². The fourth-order valence-corrected chi connectivity index (χ4v) is 3.15. The monoisotopic (exact) mass is 353 g/mol. The molecule has 0 radical (unpaired) electrons. The zero-order valence-corrected chi connectivity index (χ0v) is 15.3. The lowest BCUT2D eigenvalue weighted by Crippen LogP contribution is -2.15. The lowest BCUT2D eigenvalue weighted by Gasteiger charge is -2.13. The first-order chi connectivity index (χ1) is 12.5. The van der Waals surface area contributed by atoms with Crippen LogP contribution in [0, 0.1) is 0 Å². The minimum absolute atomic E-state index is 0.0888. The molecule has 0 aliphatic carbocycles. The number of nitrogens with zero attached hydrogens (tertiary/aromatic N) is 1. The largest absolute Gasteiger partial charge is 0.489 e. The summed E-state index contributed by atoms with van der Waals surface area (Å²) < 4.78 is 13.2. The number of hydrogen-bond acceptors (Lipinski definition) is 4. The van der Waals surface area contributed by atoms with E-state index in [1.807, 2.05) is 60.8 Å². The smallest absolute Gasteiger partial charge is 0.340 e. The van der Waals surface area contributed by atoms with E-state index in [-0.39, 0.29) is 17.9 Å². The highest BCUT2D eigenvalue weighted by molar-refractivity contribution is 6.11. The van der Waals surface area contributed by atoms with Crippen molar-refractivity contribution in [3.8, 4) is 5.75 Å². The highest BCUT2D eigenvalue weighted by Crippen LogP contribution is 2.29. The third-order valence-corrected chi connectivity index (χ3v) is 4.16. The lowest BCUT2D eigenvalue weighted by molar-refractivity contribution is -0.118. The molecular weight excluding hydrogens is 330 g/mol. The van der Waals surface area contributed by atoms with Crippen LogP contribution < -0.4 is 4.74 Å². The number of aromatic nitrogens is 1. The molecule has 2 aromatic heterocycles. The fraction of sp³-hybridized carbons (Fsp3) is 0.333. The van der Waals surface area contributed by atoms with Gasteiger partial charge in [-0.25, -0.2) is 4.79 Å². The first-order valence-corrected chi connectivity index (χ1v) is 8.87. The van der Waals surface area contributed by atoms with Gasteiger partial charge in [-0.05, 0) is 38.5 Å². The molecule has 0 amide bonds. The quantitative estimate of drug-likeness (QED) is 0.591. The molecule has 0 aliphatic heterocycles. The molecular formula is C21H23NO4. The van der Waals surface area contributed by atoms with Crippen LogP contribution >= 0.6 is 0 Å². The Bertz CT molecular complexity index is 957. The second-order valence-electron chi connectivity index (χ2n) is 6.48. The van der Waals surface area contributed by atoms with E-state index in [1.165, 1.54) is 0 Å². The number of carbonyl (C=O) groups excluding carboxylic acids is 2. The van der Waals surface area contributed by atoms with Crippen molar-refractivity contribution in [3.63, 3.8) is 0 Å². The SMILES string of the molecule is CCCOC(=O)c1c2ccccc2n2cc(OC(C)CC(C)=O)ccc12. The Hall–Kier alpha value is -2.82. The molecule has 0 aliphatic rings. The minimum Gasteiger partial charge on any atom is -0.489 e. The van der Waals surface area contributed by atoms with Crippen LogP contribution in [0.4, 0.5) is 0 Å². The molecule has 5 heteroatoms. The predicted octanol–water partition coefficient (Wildman–Crippen LogP) is 4.41. The molecule has 0 bridgehead atoms. The molecule has 0 saturated heterocycles. The number of rotatable bonds is 7. The van der Waals surface area contributed by atoms with Gasteiger partial charge in [0.25, 0.3) is 0 Å². The van der Waals surface area contributed by atoms with E-state index >= 15 is 0 Å². The second-order valence-corrected chi connectivity index (χ2v) is 6.48. The van der Waals surface area contributed by atoms with Gasteiger partial charge in [-0.15, -0.1) is 0 Å². The van der Waals surface area contributed by atoms with Crippen LogP contribution in [-0.2, 0) is 9.53 Å². The van der Waals surface area contributed by atoms with Gasteiger partial charge in [-0.1, -0.05) is 25.1 Å². The number of ketones is 1. The third kappa shape index (κ3) is 3.57. The standard InChI is InChI=1S/C21H23NO4/c1-4-11-25-21(24)20-17-7-5-6-8-18(17)22-13-16(9-10-19(20)22)26-15(3)12-14(2)23/h5-10,13,15H,4,11-12H2,1-3H3. The van der Waals surface area contributed by atoms with E-state index in [0.29, 0.717) is 24.3 Å². The van der Waals surface area contributed by atoms with Crippen LogP contribution in [0.25, 0.3) is 16.4 Å². The first-order valence-electron chi connectivity index (χ1n) is 8.87. The van der Waals surface area contributed by atoms with Gasteiger partial charge in [0.05, 0.1) is 29.4 Å². The molecule has 26 heavy (non-hydrogen) atoms. The van der Waals surface area contributed by atoms with Gasteiger partial charge in [0, 0.05) is 11.8 Å². The number of hydrogen-bond donors (Lipinski definition) is 0. The Morgan fingerprint density at radius 2 is 1.88 bits per heavy atom. The summed E-state index contributed by atoms with van der Waals surface area (Å²) in [5.74, 6) is 0.426. The molecule has 1 atom stereocenters. The maximum Gasteiger partial charge on any atom is 0.340 e. The van der Waals surface area contributed by atoms with Crippen LogP contribution in [0.15, 0.2) is 42.6 Å². The van der Waals surface area contributed by atoms with Gasteiger partial charge in [0.15, 0.2) is 0 Å². The minimum atomic E-state index is -0.316. The summed E-state index contributed by atoms with van der Waals surface area (Å²) >= 11 is 0. The van der Waals surface area contributed by atoms with Gasteiger partial charge in [0.2, 0.25) is 0 Å². The number of carbonyl (C=O) groups is 2. The molecule has 1 aromatic carbocycles. The number of ether oxygens (including phenoxy) is 2. The van der Waals surface area contributed by atoms with Crippen LogP contribution in [0.3, 0.4) is 0 Å². The number of benzene rings is 1. The van der Waals surface area contributed by atoms with Crippen LogP contribution in [0.2, 0.25) is 0 Å². The molecule has 0 spiro atoms. The lowest BCUT2D eigenvalue weighted by atomic mass is 10.1. The van der Waals surface area contributed by atoms with E-state index in [9.17, 15) is 9.59 Å². The van der Waals surface area contributed by atoms with Crippen molar-refractivity contribution in [2.24, 2.45) is 0 Å². The van der Waals surface area contributed by atoms with Gasteiger partial charge in [-0.3, -0.25) is 4.79 Å². The summed E-state index contributed by atoms with van der Waals surface area (Å²) in [6, 6.07) is 11.4. The Morgan fingerprint density at radius 1 is 1.12 bits per heavy atom. The summed E-state index contributed by atoms with van der Waals surface area (Å²) in [4.78, 5) is 23.8. The average molecular weight is 353 g/mol. The van der Waals surface area contributed by atoms with Gasteiger partial charge in [-0.2, -0.15) is 0 Å². The fourth-order valence-electron chi connectivity index (χ4n) is 3.15. The highest BCUT2D eigenvalue weighted by Gasteiger charge is 2.20. The molecule has 0 saturated carbocycles. The number of Topliss-reactive ketones (excluding diaryl/α,β-unsaturated/α-hetero) is 1. The van der Waals surface area contributed by atoms with Crippen molar-refractivity contribution in [1.29, 1.82) is 0 Å². The number of esters is 1. The van der Waals surface area contributed by atoms with E-state index in [0.717, 1.165) is 22.8 Å². The maximum atomic E-state index is 12.6. The summed E-state index contributed by atoms with van der Waals surface area (Å²) in [6.45, 7) is 5.78. The van der Waals surface area contributed by atoms with Crippen molar-refractivity contribution >= 4 is 28.2 Å². The third-order valence-electron chi connectivity index (χ3n) is 4.16. The van der Waals surface area contributed by atoms with Gasteiger partial charge in [0.1, 0.15) is 17.6 Å². The molecule has 0 N–H and O–H groups in total. The predicted molar refractivity (Wildman–Crippen MR) is 101 cm³/mol. The molecule has 2 heterocycles. The molecule has 1 unspecified atom stereocenters. The Balaban J connectivity index is 2.05. The zero-order chi connectivity index (χ0) is 18.7. The molecule has 0 fully saturated rings. The van der Waals surface area contributed by atoms with Gasteiger partial charge < -0.3 is 13.9 Å². The summed E-state index contributed by atoms with van der Waals surface area (Å²) in [5, 5.41) is 0.850. The van der Waals surface area contributed by atoms with E-state index in [1.54, 1.807) is 6.92 Å². The van der Waals surface area contributed by atoms with Crippen molar-refractivity contribution in [2.75, 3.05) is 6.61 Å². The number of pyridine rings is 1. The van der Waals surface area contributed by atoms with Crippen molar-refractivity contribution in [3.05, 3.63) is 48.2 Å².